The first kappa shape index (κ1) is 22.5. The summed E-state index contributed by atoms with van der Waals surface area (Å²) in [6.07, 6.45) is 4.36. The smallest absolute Gasteiger partial charge is 0.407 e. The van der Waals surface area contributed by atoms with E-state index in [9.17, 15) is 9.59 Å². The molecule has 10 heteroatoms. The molecule has 0 spiro atoms. The normalized spacial score (nSPS) is 10.4. The number of hydrogen-bond acceptors (Lipinski definition) is 7. The molecule has 0 saturated heterocycles. The Labute approximate surface area is 196 Å². The van der Waals surface area contributed by atoms with Crippen molar-refractivity contribution in [2.45, 2.75) is 13.5 Å². The number of rotatable bonds is 8. The SMILES string of the molecule is Cc1nccn1-c1cc(Nc2ccc(NC(=O)CNC(=O)OCc3ccccc3)cc2)ncn1. The summed E-state index contributed by atoms with van der Waals surface area (Å²) in [4.78, 5) is 36.6. The van der Waals surface area contributed by atoms with E-state index < -0.39 is 6.09 Å². The lowest BCUT2D eigenvalue weighted by molar-refractivity contribution is -0.115. The number of aromatic nitrogens is 4. The zero-order valence-electron chi connectivity index (χ0n) is 18.4. The maximum atomic E-state index is 12.1. The Morgan fingerprint density at radius 1 is 0.971 bits per heavy atom. The van der Waals surface area contributed by atoms with E-state index in [-0.39, 0.29) is 19.1 Å². The Hall–Kier alpha value is -4.73. The first-order valence-electron chi connectivity index (χ1n) is 10.5. The van der Waals surface area contributed by atoms with E-state index in [1.165, 1.54) is 6.33 Å². The summed E-state index contributed by atoms with van der Waals surface area (Å²) in [5.41, 5.74) is 2.24. The molecule has 4 rings (SSSR count). The highest BCUT2D eigenvalue weighted by atomic mass is 16.5. The second kappa shape index (κ2) is 10.7. The van der Waals surface area contributed by atoms with E-state index in [0.717, 1.165) is 17.1 Å². The second-order valence-electron chi connectivity index (χ2n) is 7.27. The Kier molecular flexibility index (Phi) is 7.09. The molecule has 0 fully saturated rings. The average molecular weight is 457 g/mol. The molecule has 4 aromatic rings. The van der Waals surface area contributed by atoms with Gasteiger partial charge in [-0.3, -0.25) is 9.36 Å². The van der Waals surface area contributed by atoms with Crippen LogP contribution in [0.15, 0.2) is 79.4 Å². The van der Waals surface area contributed by atoms with E-state index in [1.54, 1.807) is 30.5 Å². The fourth-order valence-corrected chi connectivity index (χ4v) is 3.08. The number of anilines is 3. The van der Waals surface area contributed by atoms with E-state index in [2.05, 4.69) is 30.9 Å². The van der Waals surface area contributed by atoms with Crippen LogP contribution in [0.3, 0.4) is 0 Å². The van der Waals surface area contributed by atoms with Crippen molar-refractivity contribution in [3.05, 3.63) is 90.8 Å². The molecule has 34 heavy (non-hydrogen) atoms. The summed E-state index contributed by atoms with van der Waals surface area (Å²) < 4.78 is 6.94. The number of ether oxygens (including phenoxy) is 1. The molecule has 0 saturated carbocycles. The maximum Gasteiger partial charge on any atom is 0.407 e. The van der Waals surface area contributed by atoms with Gasteiger partial charge in [0, 0.05) is 29.8 Å². The van der Waals surface area contributed by atoms with Gasteiger partial charge in [0.15, 0.2) is 0 Å². The Morgan fingerprint density at radius 2 is 1.74 bits per heavy atom. The van der Waals surface area contributed by atoms with Crippen molar-refractivity contribution in [1.29, 1.82) is 0 Å². The molecular weight excluding hydrogens is 434 g/mol. The Morgan fingerprint density at radius 3 is 2.47 bits per heavy atom. The minimum Gasteiger partial charge on any atom is -0.445 e. The van der Waals surface area contributed by atoms with Gasteiger partial charge in [-0.25, -0.2) is 19.7 Å². The van der Waals surface area contributed by atoms with Crippen molar-refractivity contribution in [2.75, 3.05) is 17.2 Å². The second-order valence-corrected chi connectivity index (χ2v) is 7.27. The number of carbonyl (C=O) groups is 2. The van der Waals surface area contributed by atoms with Crippen molar-refractivity contribution < 1.29 is 14.3 Å². The van der Waals surface area contributed by atoms with Gasteiger partial charge < -0.3 is 20.7 Å². The van der Waals surface area contributed by atoms with Gasteiger partial charge in [0.1, 0.15) is 36.9 Å². The van der Waals surface area contributed by atoms with Crippen LogP contribution in [0.4, 0.5) is 22.0 Å². The monoisotopic (exact) mass is 457 g/mol. The van der Waals surface area contributed by atoms with Gasteiger partial charge in [-0.2, -0.15) is 0 Å². The molecule has 0 aliphatic heterocycles. The molecular formula is C24H23N7O3. The first-order valence-corrected chi connectivity index (χ1v) is 10.5. The number of imidazole rings is 1. The first-order chi connectivity index (χ1) is 16.6. The highest BCUT2D eigenvalue weighted by Gasteiger charge is 2.08. The maximum absolute atomic E-state index is 12.1. The minimum absolute atomic E-state index is 0.137. The molecule has 0 aliphatic carbocycles. The van der Waals surface area contributed by atoms with Gasteiger partial charge in [0.05, 0.1) is 0 Å². The number of nitrogens with one attached hydrogen (secondary N) is 3. The Balaban J connectivity index is 1.25. The summed E-state index contributed by atoms with van der Waals surface area (Å²) >= 11 is 0. The van der Waals surface area contributed by atoms with Gasteiger partial charge in [-0.15, -0.1) is 0 Å². The van der Waals surface area contributed by atoms with Gasteiger partial charge >= 0.3 is 6.09 Å². The predicted octanol–water partition coefficient (Wildman–Crippen LogP) is 3.58. The number of nitrogens with zero attached hydrogens (tertiary/aromatic N) is 4. The van der Waals surface area contributed by atoms with Gasteiger partial charge in [0.2, 0.25) is 5.91 Å². The molecule has 2 heterocycles. The number of benzene rings is 2. The highest BCUT2D eigenvalue weighted by Crippen LogP contribution is 2.19. The summed E-state index contributed by atoms with van der Waals surface area (Å²) in [7, 11) is 0. The van der Waals surface area contributed by atoms with Gasteiger partial charge in [0.25, 0.3) is 0 Å². The van der Waals surface area contributed by atoms with Crippen molar-refractivity contribution in [3.63, 3.8) is 0 Å². The molecule has 2 aromatic heterocycles. The Bertz CT molecular complexity index is 1260. The molecule has 0 unspecified atom stereocenters. The third-order valence-corrected chi connectivity index (χ3v) is 4.77. The van der Waals surface area contributed by atoms with Crippen LogP contribution in [0.1, 0.15) is 11.4 Å². The number of hydrogen-bond donors (Lipinski definition) is 3. The highest BCUT2D eigenvalue weighted by molar-refractivity contribution is 5.94. The minimum atomic E-state index is -0.659. The van der Waals surface area contributed by atoms with E-state index in [0.29, 0.717) is 17.3 Å². The zero-order chi connectivity index (χ0) is 23.8. The standard InChI is InChI=1S/C24H23N7O3/c1-17-25-11-12-31(17)22-13-21(27-16-28-22)29-19-7-9-20(10-8-19)30-23(32)14-26-24(33)34-15-18-5-3-2-4-6-18/h2-13,16H,14-15H2,1H3,(H,26,33)(H,30,32)(H,27,28,29). The van der Waals surface area contributed by atoms with Crippen LogP contribution in [0, 0.1) is 6.92 Å². The van der Waals surface area contributed by atoms with Gasteiger partial charge in [-0.05, 0) is 36.8 Å². The lowest BCUT2D eigenvalue weighted by Gasteiger charge is -2.10. The summed E-state index contributed by atoms with van der Waals surface area (Å²) in [5.74, 6) is 1.77. The topological polar surface area (TPSA) is 123 Å². The molecule has 0 radical (unpaired) electrons. The fourth-order valence-electron chi connectivity index (χ4n) is 3.08. The van der Waals surface area contributed by atoms with Crippen LogP contribution in [0.5, 0.6) is 0 Å². The van der Waals surface area contributed by atoms with E-state index >= 15 is 0 Å². The van der Waals surface area contributed by atoms with E-state index in [1.807, 2.05) is 54.1 Å². The summed E-state index contributed by atoms with van der Waals surface area (Å²) in [5, 5.41) is 8.36. The lowest BCUT2D eigenvalue weighted by atomic mass is 10.2. The van der Waals surface area contributed by atoms with Crippen molar-refractivity contribution in [3.8, 4) is 5.82 Å². The molecule has 0 bridgehead atoms. The zero-order valence-corrected chi connectivity index (χ0v) is 18.4. The van der Waals surface area contributed by atoms with Crippen molar-refractivity contribution in [1.82, 2.24) is 24.8 Å². The number of carbonyl (C=O) groups excluding carboxylic acids is 2. The summed E-state index contributed by atoms with van der Waals surface area (Å²) in [6, 6.07) is 18.2. The molecule has 2 aromatic carbocycles. The van der Waals surface area contributed by atoms with Crippen LogP contribution in [0.25, 0.3) is 5.82 Å². The molecule has 0 aliphatic rings. The number of alkyl carbamates (subject to hydrolysis) is 1. The number of amides is 2. The fraction of sp³-hybridized carbons (Fsp3) is 0.125. The average Bonchev–Trinajstić information content (AvgIpc) is 3.29. The van der Waals surface area contributed by atoms with Crippen LogP contribution >= 0.6 is 0 Å². The molecule has 2 amide bonds. The third-order valence-electron chi connectivity index (χ3n) is 4.77. The largest absolute Gasteiger partial charge is 0.445 e. The van der Waals surface area contributed by atoms with Crippen molar-refractivity contribution >= 4 is 29.2 Å². The quantitative estimate of drug-likeness (QED) is 0.369. The molecule has 0 atom stereocenters. The predicted molar refractivity (Wildman–Crippen MR) is 127 cm³/mol. The van der Waals surface area contributed by atoms with Crippen LogP contribution in [0.2, 0.25) is 0 Å². The van der Waals surface area contributed by atoms with Gasteiger partial charge in [-0.1, -0.05) is 30.3 Å². The van der Waals surface area contributed by atoms with Crippen molar-refractivity contribution in [2.24, 2.45) is 0 Å². The third kappa shape index (κ3) is 6.16. The molecule has 172 valence electrons. The van der Waals surface area contributed by atoms with E-state index in [4.69, 9.17) is 4.74 Å². The summed E-state index contributed by atoms with van der Waals surface area (Å²) in [6.45, 7) is 1.83. The lowest BCUT2D eigenvalue weighted by Crippen LogP contribution is -2.33. The molecule has 3 N–H and O–H groups in total. The van der Waals surface area contributed by atoms with Crippen LogP contribution < -0.4 is 16.0 Å². The van der Waals surface area contributed by atoms with Crippen LogP contribution in [-0.4, -0.2) is 38.1 Å². The number of aryl methyl sites for hydroxylation is 1. The van der Waals surface area contributed by atoms with Crippen LogP contribution in [-0.2, 0) is 16.1 Å². The molecule has 10 nitrogen and oxygen atoms in total.